The Bertz CT molecular complexity index is 373. The van der Waals surface area contributed by atoms with Gasteiger partial charge in [0.05, 0.1) is 6.61 Å². The van der Waals surface area contributed by atoms with Gasteiger partial charge >= 0.3 is 5.97 Å². The van der Waals surface area contributed by atoms with Gasteiger partial charge in [0.1, 0.15) is 0 Å². The third-order valence-corrected chi connectivity index (χ3v) is 2.25. The SMILES string of the molecule is CCOc1ccccc1OC(C(=O)O)C(C)C. The number of carboxylic acid groups (broad SMARTS) is 1. The average Bonchev–Trinajstić information content (AvgIpc) is 2.27. The monoisotopic (exact) mass is 238 g/mol. The minimum atomic E-state index is -0.966. The molecule has 0 aliphatic rings. The van der Waals surface area contributed by atoms with Gasteiger partial charge in [0.2, 0.25) is 0 Å². The van der Waals surface area contributed by atoms with Crippen LogP contribution in [0.15, 0.2) is 24.3 Å². The number of benzene rings is 1. The topological polar surface area (TPSA) is 55.8 Å². The van der Waals surface area contributed by atoms with Gasteiger partial charge in [0.25, 0.3) is 0 Å². The zero-order chi connectivity index (χ0) is 12.8. The normalized spacial score (nSPS) is 12.2. The van der Waals surface area contributed by atoms with Gasteiger partial charge in [-0.2, -0.15) is 0 Å². The second-order valence-electron chi connectivity index (χ2n) is 4.00. The molecule has 1 aromatic carbocycles. The number of hydrogen-bond donors (Lipinski definition) is 1. The molecule has 0 saturated heterocycles. The molecule has 1 rings (SSSR count). The summed E-state index contributed by atoms with van der Waals surface area (Å²) in [6, 6.07) is 7.08. The average molecular weight is 238 g/mol. The molecule has 94 valence electrons. The van der Waals surface area contributed by atoms with Crippen LogP contribution in [0.1, 0.15) is 20.8 Å². The first-order valence-corrected chi connectivity index (χ1v) is 5.67. The Morgan fingerprint density at radius 1 is 1.29 bits per heavy atom. The summed E-state index contributed by atoms with van der Waals surface area (Å²) in [5.74, 6) is -0.0363. The summed E-state index contributed by atoms with van der Waals surface area (Å²) in [4.78, 5) is 11.0. The summed E-state index contributed by atoms with van der Waals surface area (Å²) in [5.41, 5.74) is 0. The number of para-hydroxylation sites is 2. The fraction of sp³-hybridized carbons (Fsp3) is 0.462. The molecule has 0 aromatic heterocycles. The fourth-order valence-corrected chi connectivity index (χ4v) is 1.43. The molecule has 4 nitrogen and oxygen atoms in total. The van der Waals surface area contributed by atoms with Crippen molar-refractivity contribution in [2.24, 2.45) is 5.92 Å². The number of carbonyl (C=O) groups is 1. The quantitative estimate of drug-likeness (QED) is 0.827. The van der Waals surface area contributed by atoms with E-state index in [0.717, 1.165) is 0 Å². The van der Waals surface area contributed by atoms with Crippen molar-refractivity contribution in [3.05, 3.63) is 24.3 Å². The summed E-state index contributed by atoms with van der Waals surface area (Å²) in [6.45, 7) is 6.00. The van der Waals surface area contributed by atoms with Crippen LogP contribution in [0.5, 0.6) is 11.5 Å². The van der Waals surface area contributed by atoms with Crippen LogP contribution in [0.4, 0.5) is 0 Å². The second kappa shape index (κ2) is 6.13. The highest BCUT2D eigenvalue weighted by Crippen LogP contribution is 2.28. The smallest absolute Gasteiger partial charge is 0.345 e. The van der Waals surface area contributed by atoms with Crippen molar-refractivity contribution in [3.8, 4) is 11.5 Å². The molecule has 0 spiro atoms. The molecule has 0 bridgehead atoms. The molecule has 0 amide bonds. The van der Waals surface area contributed by atoms with Crippen molar-refractivity contribution in [1.82, 2.24) is 0 Å². The molecule has 0 radical (unpaired) electrons. The Morgan fingerprint density at radius 3 is 2.35 bits per heavy atom. The lowest BCUT2D eigenvalue weighted by atomic mass is 10.1. The number of rotatable bonds is 6. The molecular weight excluding hydrogens is 220 g/mol. The number of aliphatic carboxylic acids is 1. The molecule has 0 fully saturated rings. The van der Waals surface area contributed by atoms with Gasteiger partial charge in [-0.05, 0) is 19.1 Å². The van der Waals surface area contributed by atoms with Crippen molar-refractivity contribution < 1.29 is 19.4 Å². The van der Waals surface area contributed by atoms with Crippen LogP contribution in [0, 0.1) is 5.92 Å². The number of carboxylic acids is 1. The van der Waals surface area contributed by atoms with Crippen LogP contribution in [0.2, 0.25) is 0 Å². The minimum absolute atomic E-state index is 0.109. The minimum Gasteiger partial charge on any atom is -0.490 e. The van der Waals surface area contributed by atoms with Gasteiger partial charge in [0.15, 0.2) is 17.6 Å². The van der Waals surface area contributed by atoms with Crippen LogP contribution in [0.25, 0.3) is 0 Å². The van der Waals surface area contributed by atoms with Gasteiger partial charge in [-0.3, -0.25) is 0 Å². The first-order chi connectivity index (χ1) is 8.06. The number of ether oxygens (including phenoxy) is 2. The van der Waals surface area contributed by atoms with Gasteiger partial charge in [-0.1, -0.05) is 26.0 Å². The zero-order valence-electron chi connectivity index (χ0n) is 10.3. The highest BCUT2D eigenvalue weighted by atomic mass is 16.5. The van der Waals surface area contributed by atoms with E-state index in [1.54, 1.807) is 18.2 Å². The Hall–Kier alpha value is -1.71. The second-order valence-corrected chi connectivity index (χ2v) is 4.00. The molecule has 0 saturated carbocycles. The Balaban J connectivity index is 2.88. The molecule has 1 N–H and O–H groups in total. The van der Waals surface area contributed by atoms with Crippen LogP contribution in [-0.2, 0) is 4.79 Å². The van der Waals surface area contributed by atoms with E-state index >= 15 is 0 Å². The standard InChI is InChI=1S/C13H18O4/c1-4-16-10-7-5-6-8-11(10)17-12(9(2)3)13(14)15/h5-9,12H,4H2,1-3H3,(H,14,15). The first-order valence-electron chi connectivity index (χ1n) is 5.67. The van der Waals surface area contributed by atoms with Gasteiger partial charge < -0.3 is 14.6 Å². The predicted molar refractivity (Wildman–Crippen MR) is 64.5 cm³/mol. The summed E-state index contributed by atoms with van der Waals surface area (Å²) in [5, 5.41) is 9.06. The Morgan fingerprint density at radius 2 is 1.88 bits per heavy atom. The molecule has 0 heterocycles. The van der Waals surface area contributed by atoms with Crippen LogP contribution >= 0.6 is 0 Å². The van der Waals surface area contributed by atoms with Crippen LogP contribution in [0.3, 0.4) is 0 Å². The van der Waals surface area contributed by atoms with Crippen molar-refractivity contribution in [1.29, 1.82) is 0 Å². The lowest BCUT2D eigenvalue weighted by molar-refractivity contribution is -0.147. The maximum Gasteiger partial charge on any atom is 0.345 e. The molecule has 4 heteroatoms. The van der Waals surface area contributed by atoms with Crippen molar-refractivity contribution >= 4 is 5.97 Å². The van der Waals surface area contributed by atoms with Gasteiger partial charge in [-0.25, -0.2) is 4.79 Å². The van der Waals surface area contributed by atoms with Crippen molar-refractivity contribution in [2.45, 2.75) is 26.9 Å². The van der Waals surface area contributed by atoms with Crippen LogP contribution in [-0.4, -0.2) is 23.8 Å². The lowest BCUT2D eigenvalue weighted by Gasteiger charge is -2.20. The van der Waals surface area contributed by atoms with E-state index in [9.17, 15) is 4.79 Å². The molecule has 0 aliphatic heterocycles. The molecule has 1 atom stereocenters. The highest BCUT2D eigenvalue weighted by Gasteiger charge is 2.24. The molecular formula is C13H18O4. The summed E-state index contributed by atoms with van der Waals surface area (Å²) < 4.78 is 10.9. The number of hydrogen-bond acceptors (Lipinski definition) is 3. The van der Waals surface area contributed by atoms with Gasteiger partial charge in [-0.15, -0.1) is 0 Å². The molecule has 1 aromatic rings. The maximum absolute atomic E-state index is 11.0. The van der Waals surface area contributed by atoms with Crippen LogP contribution < -0.4 is 9.47 Å². The van der Waals surface area contributed by atoms with E-state index in [4.69, 9.17) is 14.6 Å². The third-order valence-electron chi connectivity index (χ3n) is 2.25. The van der Waals surface area contributed by atoms with E-state index in [1.807, 2.05) is 26.8 Å². The lowest BCUT2D eigenvalue weighted by Crippen LogP contribution is -2.32. The van der Waals surface area contributed by atoms with E-state index < -0.39 is 12.1 Å². The van der Waals surface area contributed by atoms with E-state index in [2.05, 4.69) is 0 Å². The van der Waals surface area contributed by atoms with E-state index in [1.165, 1.54) is 0 Å². The summed E-state index contributed by atoms with van der Waals surface area (Å²) in [6.07, 6.45) is -0.864. The maximum atomic E-state index is 11.0. The highest BCUT2D eigenvalue weighted by molar-refractivity contribution is 5.73. The Kier molecular flexibility index (Phi) is 4.82. The fourth-order valence-electron chi connectivity index (χ4n) is 1.43. The molecule has 0 aliphatic carbocycles. The summed E-state index contributed by atoms with van der Waals surface area (Å²) >= 11 is 0. The summed E-state index contributed by atoms with van der Waals surface area (Å²) in [7, 11) is 0. The zero-order valence-corrected chi connectivity index (χ0v) is 10.3. The van der Waals surface area contributed by atoms with E-state index in [-0.39, 0.29) is 5.92 Å². The third kappa shape index (κ3) is 3.66. The van der Waals surface area contributed by atoms with Crippen molar-refractivity contribution in [2.75, 3.05) is 6.61 Å². The predicted octanol–water partition coefficient (Wildman–Crippen LogP) is 2.57. The van der Waals surface area contributed by atoms with E-state index in [0.29, 0.717) is 18.1 Å². The largest absolute Gasteiger partial charge is 0.490 e. The van der Waals surface area contributed by atoms with Crippen molar-refractivity contribution in [3.63, 3.8) is 0 Å². The Labute approximate surface area is 101 Å². The van der Waals surface area contributed by atoms with Gasteiger partial charge in [0, 0.05) is 5.92 Å². The molecule has 17 heavy (non-hydrogen) atoms. The first kappa shape index (κ1) is 13.4. The molecule has 1 unspecified atom stereocenters.